The summed E-state index contributed by atoms with van der Waals surface area (Å²) in [7, 11) is 0. The van der Waals surface area contributed by atoms with Gasteiger partial charge in [0.2, 0.25) is 0 Å². The molecule has 0 atom stereocenters. The fourth-order valence-electron chi connectivity index (χ4n) is 2.62. The first kappa shape index (κ1) is 19.5. The van der Waals surface area contributed by atoms with Crippen LogP contribution in [0.15, 0.2) is 73.1 Å². The summed E-state index contributed by atoms with van der Waals surface area (Å²) in [5, 5.41) is 9.26. The number of ether oxygens (including phenoxy) is 1. The number of carboxylic acid groups (broad SMARTS) is 1. The van der Waals surface area contributed by atoms with Crippen molar-refractivity contribution < 1.29 is 19.4 Å². The first-order valence-electron chi connectivity index (χ1n) is 8.58. The second-order valence-electron chi connectivity index (χ2n) is 6.09. The van der Waals surface area contributed by atoms with E-state index in [2.05, 4.69) is 0 Å². The highest BCUT2D eigenvalue weighted by Gasteiger charge is 2.10. The molecule has 6 heteroatoms. The number of aromatic nitrogens is 1. The molecule has 0 radical (unpaired) electrons. The molecular formula is C22H18ClNO4. The Hall–Kier alpha value is -3.31. The summed E-state index contributed by atoms with van der Waals surface area (Å²) < 4.78 is 7.07. The van der Waals surface area contributed by atoms with Crippen LogP contribution in [-0.4, -0.2) is 28.0 Å². The summed E-state index contributed by atoms with van der Waals surface area (Å²) in [6, 6.07) is 15.8. The van der Waals surface area contributed by atoms with E-state index in [1.54, 1.807) is 54.7 Å². The van der Waals surface area contributed by atoms with Gasteiger partial charge in [0.25, 0.3) is 0 Å². The minimum atomic E-state index is -1.02. The molecule has 2 aromatic carbocycles. The van der Waals surface area contributed by atoms with E-state index in [0.717, 1.165) is 5.56 Å². The number of allylic oxidation sites excluding steroid dienone is 1. The van der Waals surface area contributed by atoms with Gasteiger partial charge in [0.05, 0.1) is 0 Å². The van der Waals surface area contributed by atoms with Gasteiger partial charge in [-0.2, -0.15) is 0 Å². The van der Waals surface area contributed by atoms with Crippen molar-refractivity contribution in [1.29, 1.82) is 0 Å². The normalized spacial score (nSPS) is 10.9. The van der Waals surface area contributed by atoms with Gasteiger partial charge in [-0.05, 0) is 48.0 Å². The highest BCUT2D eigenvalue weighted by Crippen LogP contribution is 2.16. The van der Waals surface area contributed by atoms with Gasteiger partial charge in [-0.15, -0.1) is 0 Å². The number of hydrogen-bond acceptors (Lipinski definition) is 3. The van der Waals surface area contributed by atoms with E-state index in [-0.39, 0.29) is 12.4 Å². The maximum absolute atomic E-state index is 12.5. The van der Waals surface area contributed by atoms with Gasteiger partial charge in [0.15, 0.2) is 12.4 Å². The van der Waals surface area contributed by atoms with Crippen LogP contribution in [0.1, 0.15) is 21.5 Å². The van der Waals surface area contributed by atoms with E-state index in [4.69, 9.17) is 21.4 Å². The number of benzene rings is 2. The lowest BCUT2D eigenvalue weighted by molar-refractivity contribution is -0.139. The molecule has 1 N–H and O–H groups in total. The van der Waals surface area contributed by atoms with Crippen molar-refractivity contribution in [2.45, 2.75) is 6.54 Å². The van der Waals surface area contributed by atoms with Crippen LogP contribution in [0.4, 0.5) is 0 Å². The van der Waals surface area contributed by atoms with Gasteiger partial charge in [-0.3, -0.25) is 4.79 Å². The average Bonchev–Trinajstić information content (AvgIpc) is 3.16. The fourth-order valence-corrected chi connectivity index (χ4v) is 2.75. The third-order valence-electron chi connectivity index (χ3n) is 3.97. The average molecular weight is 396 g/mol. The van der Waals surface area contributed by atoms with Gasteiger partial charge >= 0.3 is 5.97 Å². The zero-order valence-corrected chi connectivity index (χ0v) is 15.7. The summed E-state index contributed by atoms with van der Waals surface area (Å²) in [6.07, 6.45) is 7.51. The monoisotopic (exact) mass is 395 g/mol. The topological polar surface area (TPSA) is 68.5 Å². The number of hydrogen-bond donors (Lipinski definition) is 1. The molecular weight excluding hydrogens is 378 g/mol. The van der Waals surface area contributed by atoms with E-state index >= 15 is 0 Å². The van der Waals surface area contributed by atoms with Crippen LogP contribution < -0.4 is 4.74 Å². The molecule has 1 aromatic heterocycles. The minimum absolute atomic E-state index is 0.0531. The molecule has 0 aliphatic heterocycles. The van der Waals surface area contributed by atoms with E-state index in [1.807, 2.05) is 29.0 Å². The summed E-state index contributed by atoms with van der Waals surface area (Å²) in [6.45, 7) is 0.217. The summed E-state index contributed by atoms with van der Waals surface area (Å²) in [4.78, 5) is 23.1. The molecule has 3 aromatic rings. The van der Waals surface area contributed by atoms with Crippen LogP contribution in [0, 0.1) is 0 Å². The van der Waals surface area contributed by atoms with E-state index in [0.29, 0.717) is 28.4 Å². The molecule has 5 nitrogen and oxygen atoms in total. The summed E-state index contributed by atoms with van der Waals surface area (Å²) >= 11 is 5.86. The Morgan fingerprint density at radius 3 is 2.61 bits per heavy atom. The van der Waals surface area contributed by atoms with E-state index < -0.39 is 5.97 Å². The quantitative estimate of drug-likeness (QED) is 0.568. The van der Waals surface area contributed by atoms with E-state index in [1.165, 1.54) is 0 Å². The number of halogens is 1. The van der Waals surface area contributed by atoms with Gasteiger partial charge in [0, 0.05) is 35.1 Å². The van der Waals surface area contributed by atoms with Gasteiger partial charge in [-0.1, -0.05) is 35.9 Å². The molecule has 28 heavy (non-hydrogen) atoms. The van der Waals surface area contributed by atoms with Crippen molar-refractivity contribution in [3.63, 3.8) is 0 Å². The van der Waals surface area contributed by atoms with Crippen molar-refractivity contribution in [2.75, 3.05) is 6.61 Å². The largest absolute Gasteiger partial charge is 0.482 e. The Morgan fingerprint density at radius 1 is 1.07 bits per heavy atom. The van der Waals surface area contributed by atoms with Crippen molar-refractivity contribution in [3.8, 4) is 5.75 Å². The van der Waals surface area contributed by atoms with Crippen LogP contribution in [-0.2, 0) is 11.3 Å². The molecule has 0 amide bonds. The van der Waals surface area contributed by atoms with Crippen LogP contribution in [0.3, 0.4) is 0 Å². The first-order valence-corrected chi connectivity index (χ1v) is 8.96. The summed E-state index contributed by atoms with van der Waals surface area (Å²) in [5.41, 5.74) is 2.10. The maximum atomic E-state index is 12.5. The van der Waals surface area contributed by atoms with Gasteiger partial charge in [0.1, 0.15) is 5.75 Å². The predicted octanol–water partition coefficient (Wildman–Crippen LogP) is 4.55. The molecule has 0 fully saturated rings. The number of carboxylic acids is 1. The molecule has 0 saturated heterocycles. The number of nitrogens with zero attached hydrogens (tertiary/aromatic N) is 1. The second kappa shape index (κ2) is 9.06. The zero-order chi connectivity index (χ0) is 19.9. The third kappa shape index (κ3) is 5.34. The smallest absolute Gasteiger partial charge is 0.341 e. The van der Waals surface area contributed by atoms with E-state index in [9.17, 15) is 9.59 Å². The Morgan fingerprint density at radius 2 is 1.86 bits per heavy atom. The molecule has 0 spiro atoms. The Labute approximate surface area is 167 Å². The van der Waals surface area contributed by atoms with Crippen LogP contribution in [0.2, 0.25) is 5.02 Å². The Balaban J connectivity index is 1.61. The lowest BCUT2D eigenvalue weighted by atomic mass is 10.1. The second-order valence-corrected chi connectivity index (χ2v) is 6.53. The minimum Gasteiger partial charge on any atom is -0.482 e. The zero-order valence-electron chi connectivity index (χ0n) is 14.9. The Bertz CT molecular complexity index is 1010. The van der Waals surface area contributed by atoms with Crippen LogP contribution >= 0.6 is 11.6 Å². The standard InChI is InChI=1S/C22H18ClNO4/c23-19-8-6-17(7-9-19)22(27)18-10-12-24(14-18)11-2-4-16-3-1-5-20(13-16)28-15-21(25)26/h1-10,12-14H,11,15H2,(H,25,26). The predicted molar refractivity (Wildman–Crippen MR) is 108 cm³/mol. The van der Waals surface area contributed by atoms with Crippen LogP contribution in [0.5, 0.6) is 5.75 Å². The van der Waals surface area contributed by atoms with Crippen molar-refractivity contribution >= 4 is 29.4 Å². The number of aliphatic carboxylic acids is 1. The van der Waals surface area contributed by atoms with Gasteiger partial charge < -0.3 is 14.4 Å². The number of carbonyl (C=O) groups is 2. The lowest BCUT2D eigenvalue weighted by Crippen LogP contribution is -2.09. The van der Waals surface area contributed by atoms with Gasteiger partial charge in [-0.25, -0.2) is 4.79 Å². The SMILES string of the molecule is O=C(O)COc1cccc(C=CCn2ccc(C(=O)c3ccc(Cl)cc3)c2)c1. The first-order chi connectivity index (χ1) is 13.5. The van der Waals surface area contributed by atoms with Crippen LogP contribution in [0.25, 0.3) is 6.08 Å². The molecule has 1 heterocycles. The molecule has 0 aliphatic rings. The fraction of sp³-hybridized carbons (Fsp3) is 0.0909. The van der Waals surface area contributed by atoms with Crippen molar-refractivity contribution in [2.24, 2.45) is 0 Å². The lowest BCUT2D eigenvalue weighted by Gasteiger charge is -2.03. The number of rotatable bonds is 8. The Kier molecular flexibility index (Phi) is 6.29. The highest BCUT2D eigenvalue weighted by molar-refractivity contribution is 6.30. The van der Waals surface area contributed by atoms with Crippen molar-refractivity contribution in [1.82, 2.24) is 4.57 Å². The molecule has 0 unspecified atom stereocenters. The number of carbonyl (C=O) groups excluding carboxylic acids is 1. The highest BCUT2D eigenvalue weighted by atomic mass is 35.5. The third-order valence-corrected chi connectivity index (χ3v) is 4.22. The number of ketones is 1. The molecule has 0 saturated carbocycles. The molecule has 142 valence electrons. The molecule has 3 rings (SSSR count). The molecule has 0 aliphatic carbocycles. The maximum Gasteiger partial charge on any atom is 0.341 e. The van der Waals surface area contributed by atoms with Crippen molar-refractivity contribution in [3.05, 3.63) is 94.8 Å². The summed E-state index contributed by atoms with van der Waals surface area (Å²) in [5.74, 6) is -0.568. The molecule has 0 bridgehead atoms.